The van der Waals surface area contributed by atoms with Gasteiger partial charge in [-0.1, -0.05) is 109 Å². The van der Waals surface area contributed by atoms with Crippen molar-refractivity contribution in [1.82, 2.24) is 0 Å². The van der Waals surface area contributed by atoms with E-state index in [1.54, 1.807) is 0 Å². The van der Waals surface area contributed by atoms with E-state index in [1.807, 2.05) is 23.9 Å². The zero-order chi connectivity index (χ0) is 31.0. The molecule has 6 aromatic rings. The zero-order valence-electron chi connectivity index (χ0n) is 25.5. The molecule has 0 aromatic heterocycles. The molecule has 5 heteroatoms. The molecule has 2 N–H and O–H groups in total. The Hall–Kier alpha value is -4.45. The van der Waals surface area contributed by atoms with Gasteiger partial charge in [0, 0.05) is 48.3 Å². The molecule has 0 saturated carbocycles. The van der Waals surface area contributed by atoms with Crippen molar-refractivity contribution in [3.63, 3.8) is 0 Å². The van der Waals surface area contributed by atoms with Crippen LogP contribution in [-0.4, -0.2) is 0 Å². The molecule has 222 valence electrons. The van der Waals surface area contributed by atoms with Crippen molar-refractivity contribution in [3.05, 3.63) is 150 Å². The van der Waals surface area contributed by atoms with E-state index in [-0.39, 0.29) is 5.41 Å². The minimum absolute atomic E-state index is 0.0741. The highest BCUT2D eigenvalue weighted by atomic mass is 79.9. The highest BCUT2D eigenvalue weighted by Gasteiger charge is 2.29. The largest absolute Gasteiger partial charge is 0.355 e. The molecular weight excluding hydrogens is 634 g/mol. The van der Waals surface area contributed by atoms with E-state index in [9.17, 15) is 0 Å². The van der Waals surface area contributed by atoms with Crippen LogP contribution < -0.4 is 15.5 Å². The second-order valence-electron chi connectivity index (χ2n) is 12.3. The second kappa shape index (κ2) is 12.2. The maximum absolute atomic E-state index is 3.67. The molecule has 0 radical (unpaired) electrons. The van der Waals surface area contributed by atoms with Gasteiger partial charge in [-0.25, -0.2) is 0 Å². The quantitative estimate of drug-likeness (QED) is 0.184. The Morgan fingerprint density at radius 3 is 1.80 bits per heavy atom. The van der Waals surface area contributed by atoms with Gasteiger partial charge in [-0.05, 0) is 95.4 Å². The van der Waals surface area contributed by atoms with Gasteiger partial charge in [0.05, 0.1) is 11.4 Å². The van der Waals surface area contributed by atoms with E-state index in [4.69, 9.17) is 0 Å². The van der Waals surface area contributed by atoms with E-state index >= 15 is 0 Å². The van der Waals surface area contributed by atoms with Crippen LogP contribution in [0.4, 0.5) is 39.8 Å². The van der Waals surface area contributed by atoms with Crippen LogP contribution in [0.3, 0.4) is 0 Å². The number of hydrogen-bond acceptors (Lipinski definition) is 4. The van der Waals surface area contributed by atoms with Gasteiger partial charge < -0.3 is 15.5 Å². The monoisotopic (exact) mass is 667 g/mol. The molecule has 3 nitrogen and oxygen atoms in total. The van der Waals surface area contributed by atoms with E-state index in [2.05, 4.69) is 180 Å². The lowest BCUT2D eigenvalue weighted by molar-refractivity contribution is 0.590. The number of benzene rings is 6. The average Bonchev–Trinajstić information content (AvgIpc) is 3.04. The number of para-hydroxylation sites is 2. The first kappa shape index (κ1) is 29.3. The van der Waals surface area contributed by atoms with Crippen LogP contribution in [0.5, 0.6) is 0 Å². The van der Waals surface area contributed by atoms with Gasteiger partial charge in [0.2, 0.25) is 0 Å². The summed E-state index contributed by atoms with van der Waals surface area (Å²) in [6, 6.07) is 49.7. The SMILES string of the molecule is CC(C)(C)c1ccc(N2c3ccc(Nc4ccccc4)cc3Sc3cc(Nc4ccccc4)cc(-c4ccc(Br)cc4)c32)cc1. The van der Waals surface area contributed by atoms with Crippen LogP contribution >= 0.6 is 27.7 Å². The molecular formula is C40H34BrN3S. The summed E-state index contributed by atoms with van der Waals surface area (Å²) in [7, 11) is 0. The van der Waals surface area contributed by atoms with Gasteiger partial charge in [0.15, 0.2) is 0 Å². The Morgan fingerprint density at radius 1 is 0.578 bits per heavy atom. The Bertz CT molecular complexity index is 1950. The van der Waals surface area contributed by atoms with Gasteiger partial charge in [0.1, 0.15) is 0 Å². The van der Waals surface area contributed by atoms with Crippen molar-refractivity contribution in [3.8, 4) is 11.1 Å². The molecule has 0 bridgehead atoms. The van der Waals surface area contributed by atoms with Crippen LogP contribution in [0.25, 0.3) is 11.1 Å². The molecule has 1 aliphatic heterocycles. The molecule has 0 fully saturated rings. The van der Waals surface area contributed by atoms with E-state index < -0.39 is 0 Å². The lowest BCUT2D eigenvalue weighted by Crippen LogP contribution is -2.17. The van der Waals surface area contributed by atoms with Crippen molar-refractivity contribution >= 4 is 67.5 Å². The summed E-state index contributed by atoms with van der Waals surface area (Å²) in [6.45, 7) is 6.79. The van der Waals surface area contributed by atoms with Gasteiger partial charge in [-0.2, -0.15) is 0 Å². The topological polar surface area (TPSA) is 27.3 Å². The smallest absolute Gasteiger partial charge is 0.0681 e. The highest BCUT2D eigenvalue weighted by Crippen LogP contribution is 2.56. The zero-order valence-corrected chi connectivity index (χ0v) is 27.9. The molecule has 7 rings (SSSR count). The van der Waals surface area contributed by atoms with E-state index in [1.165, 1.54) is 26.6 Å². The molecule has 0 atom stereocenters. The van der Waals surface area contributed by atoms with Crippen molar-refractivity contribution in [2.24, 2.45) is 0 Å². The van der Waals surface area contributed by atoms with Crippen LogP contribution in [-0.2, 0) is 5.41 Å². The van der Waals surface area contributed by atoms with Crippen molar-refractivity contribution in [2.75, 3.05) is 15.5 Å². The molecule has 0 saturated heterocycles. The van der Waals surface area contributed by atoms with Crippen LogP contribution in [0.1, 0.15) is 26.3 Å². The number of anilines is 7. The summed E-state index contributed by atoms with van der Waals surface area (Å²) in [5.41, 5.74) is 11.4. The fraction of sp³-hybridized carbons (Fsp3) is 0.100. The Morgan fingerprint density at radius 2 is 1.18 bits per heavy atom. The minimum atomic E-state index is 0.0741. The lowest BCUT2D eigenvalue weighted by atomic mass is 9.87. The second-order valence-corrected chi connectivity index (χ2v) is 14.3. The maximum Gasteiger partial charge on any atom is 0.0681 e. The van der Waals surface area contributed by atoms with Gasteiger partial charge in [0.25, 0.3) is 0 Å². The molecule has 0 aliphatic carbocycles. The number of rotatable bonds is 6. The number of halogens is 1. The molecule has 0 unspecified atom stereocenters. The number of nitrogens with one attached hydrogen (secondary N) is 2. The summed E-state index contributed by atoms with van der Waals surface area (Å²) in [6.07, 6.45) is 0. The van der Waals surface area contributed by atoms with E-state index in [0.29, 0.717) is 0 Å². The third-order valence-corrected chi connectivity index (χ3v) is 9.60. The first-order valence-corrected chi connectivity index (χ1v) is 16.7. The average molecular weight is 669 g/mol. The van der Waals surface area contributed by atoms with Gasteiger partial charge in [-0.15, -0.1) is 0 Å². The van der Waals surface area contributed by atoms with Gasteiger partial charge >= 0.3 is 0 Å². The van der Waals surface area contributed by atoms with E-state index in [0.717, 1.165) is 44.2 Å². The molecule has 1 aliphatic rings. The van der Waals surface area contributed by atoms with Crippen molar-refractivity contribution < 1.29 is 0 Å². The summed E-state index contributed by atoms with van der Waals surface area (Å²) < 4.78 is 1.06. The van der Waals surface area contributed by atoms with Crippen molar-refractivity contribution in [1.29, 1.82) is 0 Å². The van der Waals surface area contributed by atoms with Crippen LogP contribution in [0, 0.1) is 0 Å². The van der Waals surface area contributed by atoms with Crippen LogP contribution in [0.15, 0.2) is 154 Å². The summed E-state index contributed by atoms with van der Waals surface area (Å²) >= 11 is 5.46. The number of nitrogens with zero attached hydrogens (tertiary/aromatic N) is 1. The molecule has 45 heavy (non-hydrogen) atoms. The fourth-order valence-electron chi connectivity index (χ4n) is 5.69. The first-order chi connectivity index (χ1) is 21.8. The van der Waals surface area contributed by atoms with Crippen LogP contribution in [0.2, 0.25) is 0 Å². The fourth-order valence-corrected chi connectivity index (χ4v) is 7.13. The molecule has 0 amide bonds. The molecule has 1 heterocycles. The Labute approximate surface area is 278 Å². The number of hydrogen-bond donors (Lipinski definition) is 2. The third kappa shape index (κ3) is 6.24. The third-order valence-electron chi connectivity index (χ3n) is 7.99. The standard InChI is InChI=1S/C40H34BrN3S/c1-40(2,3)28-16-21-34(22-17-28)44-36-23-20-32(42-30-10-6-4-7-11-30)25-37(36)45-38-26-33(43-31-12-8-5-9-13-31)24-35(39(38)44)27-14-18-29(41)19-15-27/h4-26,42-43H,1-3H3. The maximum atomic E-state index is 3.67. The summed E-state index contributed by atoms with van der Waals surface area (Å²) in [5.74, 6) is 0. The summed E-state index contributed by atoms with van der Waals surface area (Å²) in [5, 5.41) is 7.26. The Kier molecular flexibility index (Phi) is 7.90. The normalized spacial score (nSPS) is 12.3. The lowest BCUT2D eigenvalue weighted by Gasteiger charge is -2.36. The van der Waals surface area contributed by atoms with Crippen molar-refractivity contribution in [2.45, 2.75) is 36.0 Å². The number of fused-ring (bicyclic) bond motifs is 2. The predicted octanol–water partition coefficient (Wildman–Crippen LogP) is 12.8. The Balaban J connectivity index is 1.41. The molecule has 0 spiro atoms. The predicted molar refractivity (Wildman–Crippen MR) is 197 cm³/mol. The highest BCUT2D eigenvalue weighted by molar-refractivity contribution is 9.10. The summed E-state index contributed by atoms with van der Waals surface area (Å²) in [4.78, 5) is 4.82. The minimum Gasteiger partial charge on any atom is -0.355 e. The first-order valence-electron chi connectivity index (χ1n) is 15.1. The van der Waals surface area contributed by atoms with Gasteiger partial charge in [-0.3, -0.25) is 0 Å². The molecule has 6 aromatic carbocycles.